The van der Waals surface area contributed by atoms with Gasteiger partial charge in [-0.3, -0.25) is 14.3 Å². The highest BCUT2D eigenvalue weighted by molar-refractivity contribution is 5.92. The van der Waals surface area contributed by atoms with E-state index in [4.69, 9.17) is 4.74 Å². The van der Waals surface area contributed by atoms with Crippen molar-refractivity contribution >= 4 is 11.7 Å². The van der Waals surface area contributed by atoms with Gasteiger partial charge in [-0.15, -0.1) is 0 Å². The number of amides is 1. The monoisotopic (exact) mass is 501 g/mol. The van der Waals surface area contributed by atoms with Gasteiger partial charge in [0.25, 0.3) is 11.5 Å². The second-order valence-corrected chi connectivity index (χ2v) is 9.75. The van der Waals surface area contributed by atoms with Crippen molar-refractivity contribution in [2.24, 2.45) is 5.92 Å². The normalized spacial score (nSPS) is 15.1. The Bertz CT molecular complexity index is 1280. The first-order valence-corrected chi connectivity index (χ1v) is 11.9. The summed E-state index contributed by atoms with van der Waals surface area (Å²) in [7, 11) is 0. The van der Waals surface area contributed by atoms with Gasteiger partial charge in [0, 0.05) is 24.4 Å². The molecule has 1 aromatic carbocycles. The third kappa shape index (κ3) is 6.54. The fourth-order valence-electron chi connectivity index (χ4n) is 4.38. The van der Waals surface area contributed by atoms with E-state index in [1.807, 2.05) is 0 Å². The molecule has 2 aromatic heterocycles. The minimum absolute atomic E-state index is 0.0351. The SMILES string of the molecule is CC(C)(O)Cn1ccc(NC(=O)[C@H](CC2CCCC2)n2ncc(Oc3ccc(F)cc3F)cc2=O)n1. The second kappa shape index (κ2) is 10.6. The number of nitrogens with one attached hydrogen (secondary N) is 1. The van der Waals surface area contributed by atoms with E-state index in [1.165, 1.54) is 10.9 Å². The molecule has 1 fully saturated rings. The highest BCUT2D eigenvalue weighted by atomic mass is 19.1. The van der Waals surface area contributed by atoms with Gasteiger partial charge in [-0.1, -0.05) is 25.7 Å². The van der Waals surface area contributed by atoms with Crippen LogP contribution in [0.1, 0.15) is 52.0 Å². The number of aromatic nitrogens is 4. The highest BCUT2D eigenvalue weighted by Crippen LogP contribution is 2.32. The molecule has 0 bridgehead atoms. The van der Waals surface area contributed by atoms with Gasteiger partial charge >= 0.3 is 0 Å². The van der Waals surface area contributed by atoms with Gasteiger partial charge in [0.1, 0.15) is 11.9 Å². The quantitative estimate of drug-likeness (QED) is 0.458. The van der Waals surface area contributed by atoms with Crippen LogP contribution in [0, 0.1) is 17.6 Å². The van der Waals surface area contributed by atoms with Crippen LogP contribution in [0.4, 0.5) is 14.6 Å². The van der Waals surface area contributed by atoms with Crippen LogP contribution in [-0.4, -0.2) is 36.2 Å². The summed E-state index contributed by atoms with van der Waals surface area (Å²) in [5, 5.41) is 21.2. The molecule has 192 valence electrons. The molecule has 9 nitrogen and oxygen atoms in total. The van der Waals surface area contributed by atoms with Crippen LogP contribution in [0.15, 0.2) is 47.5 Å². The molecule has 36 heavy (non-hydrogen) atoms. The number of hydrogen-bond donors (Lipinski definition) is 2. The third-order valence-electron chi connectivity index (χ3n) is 5.99. The number of aliphatic hydroxyl groups is 1. The molecule has 1 aliphatic carbocycles. The summed E-state index contributed by atoms with van der Waals surface area (Å²) in [5.41, 5.74) is -1.57. The number of hydrogen-bond acceptors (Lipinski definition) is 6. The van der Waals surface area contributed by atoms with E-state index in [-0.39, 0.29) is 24.0 Å². The van der Waals surface area contributed by atoms with Gasteiger partial charge in [0.15, 0.2) is 23.1 Å². The number of carbonyl (C=O) groups is 1. The predicted molar refractivity (Wildman–Crippen MR) is 128 cm³/mol. The lowest BCUT2D eigenvalue weighted by atomic mass is 9.98. The highest BCUT2D eigenvalue weighted by Gasteiger charge is 2.29. The molecule has 4 rings (SSSR count). The van der Waals surface area contributed by atoms with Crippen LogP contribution >= 0.6 is 0 Å². The topological polar surface area (TPSA) is 111 Å². The minimum Gasteiger partial charge on any atom is -0.452 e. The lowest BCUT2D eigenvalue weighted by Gasteiger charge is -2.21. The van der Waals surface area contributed by atoms with Crippen LogP contribution < -0.4 is 15.6 Å². The number of nitrogens with zero attached hydrogens (tertiary/aromatic N) is 4. The van der Waals surface area contributed by atoms with Gasteiger partial charge in [-0.05, 0) is 38.3 Å². The van der Waals surface area contributed by atoms with Crippen molar-refractivity contribution in [3.8, 4) is 11.5 Å². The van der Waals surface area contributed by atoms with E-state index in [1.54, 1.807) is 26.1 Å². The Kier molecular flexibility index (Phi) is 7.48. The zero-order valence-electron chi connectivity index (χ0n) is 20.2. The Balaban J connectivity index is 1.54. The molecule has 1 aliphatic rings. The van der Waals surface area contributed by atoms with Crippen molar-refractivity contribution in [1.29, 1.82) is 0 Å². The van der Waals surface area contributed by atoms with Gasteiger partial charge in [0.05, 0.1) is 18.3 Å². The van der Waals surface area contributed by atoms with E-state index < -0.39 is 34.7 Å². The number of carbonyl (C=O) groups excluding carboxylic acids is 1. The van der Waals surface area contributed by atoms with Gasteiger partial charge in [-0.25, -0.2) is 13.5 Å². The van der Waals surface area contributed by atoms with E-state index in [0.717, 1.165) is 48.6 Å². The lowest BCUT2D eigenvalue weighted by Crippen LogP contribution is -2.36. The van der Waals surface area contributed by atoms with Gasteiger partial charge < -0.3 is 15.2 Å². The zero-order chi connectivity index (χ0) is 25.9. The average molecular weight is 502 g/mol. The molecule has 0 saturated heterocycles. The summed E-state index contributed by atoms with van der Waals surface area (Å²) in [4.78, 5) is 26.2. The maximum atomic E-state index is 13.9. The number of anilines is 1. The summed E-state index contributed by atoms with van der Waals surface area (Å²) < 4.78 is 35.1. The number of halogens is 2. The van der Waals surface area contributed by atoms with E-state index in [0.29, 0.717) is 18.3 Å². The Morgan fingerprint density at radius 3 is 2.67 bits per heavy atom. The molecule has 2 N–H and O–H groups in total. The Labute approximate surface area is 206 Å². The summed E-state index contributed by atoms with van der Waals surface area (Å²) in [6.45, 7) is 3.55. The average Bonchev–Trinajstić information content (AvgIpc) is 3.45. The Morgan fingerprint density at radius 1 is 1.25 bits per heavy atom. The van der Waals surface area contributed by atoms with Crippen LogP contribution in [0.5, 0.6) is 11.5 Å². The Hall–Kier alpha value is -3.60. The molecule has 2 heterocycles. The summed E-state index contributed by atoms with van der Waals surface area (Å²) in [6.07, 6.45) is 7.35. The Morgan fingerprint density at radius 2 is 2.00 bits per heavy atom. The van der Waals surface area contributed by atoms with Gasteiger partial charge in [0.2, 0.25) is 0 Å². The first-order chi connectivity index (χ1) is 17.1. The maximum Gasteiger partial charge on any atom is 0.271 e. The minimum atomic E-state index is -0.976. The first-order valence-electron chi connectivity index (χ1n) is 11.9. The number of ether oxygens (including phenoxy) is 1. The fourth-order valence-corrected chi connectivity index (χ4v) is 4.38. The molecule has 1 saturated carbocycles. The van der Waals surface area contributed by atoms with Gasteiger partial charge in [-0.2, -0.15) is 10.2 Å². The predicted octanol–water partition coefficient (Wildman–Crippen LogP) is 4.04. The first kappa shape index (κ1) is 25.5. The maximum absolute atomic E-state index is 13.9. The smallest absolute Gasteiger partial charge is 0.271 e. The van der Waals surface area contributed by atoms with Crippen molar-refractivity contribution in [2.75, 3.05) is 5.32 Å². The molecule has 1 amide bonds. The summed E-state index contributed by atoms with van der Waals surface area (Å²) in [6, 6.07) is 4.66. The molecule has 0 radical (unpaired) electrons. The van der Waals surface area contributed by atoms with Crippen LogP contribution in [-0.2, 0) is 11.3 Å². The standard InChI is InChI=1S/C25H29F2N5O4/c1-25(2,35)15-31-10-9-22(30-31)29-24(34)20(11-16-5-3-4-6-16)32-23(33)13-18(14-28-32)36-21-8-7-17(26)12-19(21)27/h7-10,12-14,16,20,35H,3-6,11,15H2,1-2H3,(H,29,30,34)/t20-/m0/s1. The van der Waals surface area contributed by atoms with Crippen molar-refractivity contribution in [1.82, 2.24) is 19.6 Å². The second-order valence-electron chi connectivity index (χ2n) is 9.75. The van der Waals surface area contributed by atoms with Crippen molar-refractivity contribution in [3.05, 3.63) is 64.7 Å². The lowest BCUT2D eigenvalue weighted by molar-refractivity contribution is -0.120. The molecular formula is C25H29F2N5O4. The van der Waals surface area contributed by atoms with Crippen LogP contribution in [0.2, 0.25) is 0 Å². The van der Waals surface area contributed by atoms with Crippen molar-refractivity contribution in [2.45, 2.75) is 64.1 Å². The molecular weight excluding hydrogens is 472 g/mol. The number of rotatable bonds is 9. The fraction of sp³-hybridized carbons (Fsp3) is 0.440. The largest absolute Gasteiger partial charge is 0.452 e. The summed E-state index contributed by atoms with van der Waals surface area (Å²) >= 11 is 0. The van der Waals surface area contributed by atoms with E-state index in [9.17, 15) is 23.5 Å². The zero-order valence-corrected chi connectivity index (χ0v) is 20.2. The molecule has 1 atom stereocenters. The van der Waals surface area contributed by atoms with E-state index in [2.05, 4.69) is 15.5 Å². The number of benzene rings is 1. The van der Waals surface area contributed by atoms with Crippen LogP contribution in [0.25, 0.3) is 0 Å². The molecule has 0 aliphatic heterocycles. The van der Waals surface area contributed by atoms with Crippen molar-refractivity contribution in [3.63, 3.8) is 0 Å². The molecule has 11 heteroatoms. The van der Waals surface area contributed by atoms with Crippen molar-refractivity contribution < 1.29 is 23.4 Å². The molecule has 3 aromatic rings. The van der Waals surface area contributed by atoms with E-state index >= 15 is 0 Å². The molecule has 0 spiro atoms. The molecule has 0 unspecified atom stereocenters. The summed E-state index contributed by atoms with van der Waals surface area (Å²) in [5.74, 6) is -1.83. The third-order valence-corrected chi connectivity index (χ3v) is 5.99. The van der Waals surface area contributed by atoms with Crippen LogP contribution in [0.3, 0.4) is 0 Å².